The molecule has 4 rings (SSSR count). The molecule has 3 heterocycles. The number of hydrogen-bond acceptors (Lipinski definition) is 7. The minimum atomic E-state index is -4.57. The third-order valence-electron chi connectivity index (χ3n) is 4.31. The molecule has 0 saturated carbocycles. The van der Waals surface area contributed by atoms with Crippen LogP contribution in [-0.2, 0) is 6.18 Å². The van der Waals surface area contributed by atoms with Gasteiger partial charge in [-0.2, -0.15) is 18.2 Å². The van der Waals surface area contributed by atoms with Crippen LogP contribution in [0.3, 0.4) is 0 Å². The van der Waals surface area contributed by atoms with Gasteiger partial charge in [0.15, 0.2) is 5.65 Å². The SMILES string of the molecule is OCC(O)COc1ccc(-c2noc(-c3cn4cc(C(F)(F)F)cc(Cl)c4n3)n2)c(Cl)c1. The number of halogens is 5. The van der Waals surface area contributed by atoms with E-state index in [1.54, 1.807) is 12.1 Å². The van der Waals surface area contributed by atoms with Crippen LogP contribution in [0, 0.1) is 0 Å². The number of aliphatic hydroxyl groups is 2. The normalized spacial score (nSPS) is 13.0. The molecule has 8 nitrogen and oxygen atoms in total. The highest BCUT2D eigenvalue weighted by Gasteiger charge is 2.32. The summed E-state index contributed by atoms with van der Waals surface area (Å²) in [7, 11) is 0. The van der Waals surface area contributed by atoms with Crippen molar-refractivity contribution >= 4 is 28.8 Å². The third kappa shape index (κ3) is 4.51. The maximum absolute atomic E-state index is 13.0. The lowest BCUT2D eigenvalue weighted by atomic mass is 10.2. The number of imidazole rings is 1. The van der Waals surface area contributed by atoms with Crippen LogP contribution in [-0.4, -0.2) is 49.1 Å². The fraction of sp³-hybridized carbons (Fsp3) is 0.211. The molecule has 0 aliphatic heterocycles. The highest BCUT2D eigenvalue weighted by Crippen LogP contribution is 2.34. The van der Waals surface area contributed by atoms with Crippen LogP contribution < -0.4 is 4.74 Å². The predicted octanol–water partition coefficient (Wildman–Crippen LogP) is 4.11. The largest absolute Gasteiger partial charge is 0.491 e. The average molecular weight is 489 g/mol. The van der Waals surface area contributed by atoms with Crippen molar-refractivity contribution in [2.75, 3.05) is 13.2 Å². The number of alkyl halides is 3. The Hall–Kier alpha value is -2.86. The van der Waals surface area contributed by atoms with Crippen LogP contribution in [0.25, 0.3) is 28.6 Å². The van der Waals surface area contributed by atoms with Crippen molar-refractivity contribution in [1.29, 1.82) is 0 Å². The molecule has 0 saturated heterocycles. The molecule has 0 bridgehead atoms. The Balaban J connectivity index is 1.61. The van der Waals surface area contributed by atoms with Crippen LogP contribution in [0.5, 0.6) is 5.75 Å². The molecule has 3 aromatic heterocycles. The summed E-state index contributed by atoms with van der Waals surface area (Å²) in [6.45, 7) is -0.561. The van der Waals surface area contributed by atoms with Crippen molar-refractivity contribution in [2.45, 2.75) is 12.3 Å². The molecule has 1 unspecified atom stereocenters. The molecule has 0 amide bonds. The summed E-state index contributed by atoms with van der Waals surface area (Å²) in [6, 6.07) is 5.38. The first-order valence-corrected chi connectivity index (χ1v) is 9.72. The standard InChI is InChI=1S/C19H13Cl2F3N4O4/c20-13-4-11(31-8-10(30)7-29)1-2-12(13)16-26-18(32-27-16)15-6-28-5-9(19(22,23)24)3-14(21)17(28)25-15/h1-6,10,29-30H,7-8H2. The highest BCUT2D eigenvalue weighted by molar-refractivity contribution is 6.33. The molecule has 2 N–H and O–H groups in total. The Morgan fingerprint density at radius 1 is 1.12 bits per heavy atom. The van der Waals surface area contributed by atoms with E-state index in [4.69, 9.17) is 37.6 Å². The van der Waals surface area contributed by atoms with Crippen molar-refractivity contribution in [1.82, 2.24) is 19.5 Å². The van der Waals surface area contributed by atoms with Crippen LogP contribution in [0.15, 0.2) is 41.2 Å². The third-order valence-corrected chi connectivity index (χ3v) is 4.90. The smallest absolute Gasteiger partial charge is 0.417 e. The highest BCUT2D eigenvalue weighted by atomic mass is 35.5. The van der Waals surface area contributed by atoms with Crippen molar-refractivity contribution in [3.05, 3.63) is 52.3 Å². The number of pyridine rings is 1. The second-order valence-corrected chi connectivity index (χ2v) is 7.46. The van der Waals surface area contributed by atoms with E-state index in [-0.39, 0.29) is 39.7 Å². The summed E-state index contributed by atoms with van der Waals surface area (Å²) in [5.74, 6) is 0.423. The zero-order valence-electron chi connectivity index (χ0n) is 15.8. The van der Waals surface area contributed by atoms with E-state index >= 15 is 0 Å². The number of aliphatic hydroxyl groups excluding tert-OH is 2. The van der Waals surface area contributed by atoms with Gasteiger partial charge in [0.25, 0.3) is 5.89 Å². The Morgan fingerprint density at radius 3 is 2.59 bits per heavy atom. The number of benzene rings is 1. The quantitative estimate of drug-likeness (QED) is 0.420. The van der Waals surface area contributed by atoms with Gasteiger partial charge in [-0.15, -0.1) is 0 Å². The van der Waals surface area contributed by atoms with Gasteiger partial charge in [-0.3, -0.25) is 0 Å². The number of fused-ring (bicyclic) bond motifs is 1. The van der Waals surface area contributed by atoms with Crippen molar-refractivity contribution in [3.63, 3.8) is 0 Å². The minimum Gasteiger partial charge on any atom is -0.491 e. The van der Waals surface area contributed by atoms with Gasteiger partial charge in [-0.1, -0.05) is 28.4 Å². The van der Waals surface area contributed by atoms with Crippen LogP contribution in [0.4, 0.5) is 13.2 Å². The Morgan fingerprint density at radius 2 is 1.91 bits per heavy atom. The van der Waals surface area contributed by atoms with Crippen molar-refractivity contribution in [2.24, 2.45) is 0 Å². The fourth-order valence-corrected chi connectivity index (χ4v) is 3.28. The molecule has 0 aliphatic rings. The van der Waals surface area contributed by atoms with E-state index in [0.29, 0.717) is 11.3 Å². The second-order valence-electron chi connectivity index (χ2n) is 6.64. The molecule has 0 radical (unpaired) electrons. The van der Waals surface area contributed by atoms with Gasteiger partial charge in [0.2, 0.25) is 5.82 Å². The van der Waals surface area contributed by atoms with Gasteiger partial charge in [0.1, 0.15) is 24.2 Å². The first kappa shape index (κ1) is 22.3. The second kappa shape index (κ2) is 8.58. The lowest BCUT2D eigenvalue weighted by molar-refractivity contribution is -0.137. The molecule has 168 valence electrons. The topological polar surface area (TPSA) is 106 Å². The number of hydrogen-bond donors (Lipinski definition) is 2. The van der Waals surface area contributed by atoms with E-state index in [2.05, 4.69) is 15.1 Å². The van der Waals surface area contributed by atoms with Crippen LogP contribution in [0.2, 0.25) is 10.0 Å². The van der Waals surface area contributed by atoms with Gasteiger partial charge in [-0.05, 0) is 24.3 Å². The van der Waals surface area contributed by atoms with Crippen LogP contribution >= 0.6 is 23.2 Å². The average Bonchev–Trinajstić information content (AvgIpc) is 3.38. The summed E-state index contributed by atoms with van der Waals surface area (Å²) in [4.78, 5) is 8.38. The van der Waals surface area contributed by atoms with Gasteiger partial charge in [0, 0.05) is 18.0 Å². The molecular formula is C19H13Cl2F3N4O4. The van der Waals surface area contributed by atoms with Gasteiger partial charge in [0.05, 0.1) is 22.2 Å². The number of rotatable bonds is 6. The first-order valence-electron chi connectivity index (χ1n) is 8.97. The lowest BCUT2D eigenvalue weighted by Crippen LogP contribution is -2.21. The molecule has 4 aromatic rings. The Bertz CT molecular complexity index is 1280. The fourth-order valence-electron chi connectivity index (χ4n) is 2.76. The molecule has 0 aliphatic carbocycles. The monoisotopic (exact) mass is 488 g/mol. The van der Waals surface area contributed by atoms with Crippen molar-refractivity contribution in [3.8, 4) is 28.7 Å². The predicted molar refractivity (Wildman–Crippen MR) is 108 cm³/mol. The zero-order chi connectivity index (χ0) is 23.0. The summed E-state index contributed by atoms with van der Waals surface area (Å²) in [5.41, 5.74) is -0.304. The maximum atomic E-state index is 13.0. The molecule has 1 atom stereocenters. The number of nitrogens with zero attached hydrogens (tertiary/aromatic N) is 4. The summed E-state index contributed by atoms with van der Waals surface area (Å²) >= 11 is 12.2. The molecule has 0 spiro atoms. The number of aromatic nitrogens is 4. The molecule has 1 aromatic carbocycles. The van der Waals surface area contributed by atoms with Crippen LogP contribution in [0.1, 0.15) is 5.56 Å². The van der Waals surface area contributed by atoms with Gasteiger partial charge < -0.3 is 23.9 Å². The molecule has 0 fully saturated rings. The minimum absolute atomic E-state index is 0.0456. The Labute approximate surface area is 187 Å². The van der Waals surface area contributed by atoms with Gasteiger partial charge >= 0.3 is 6.18 Å². The zero-order valence-corrected chi connectivity index (χ0v) is 17.4. The van der Waals surface area contributed by atoms with E-state index in [1.807, 2.05) is 0 Å². The van der Waals surface area contributed by atoms with Crippen molar-refractivity contribution < 1.29 is 32.6 Å². The van der Waals surface area contributed by atoms with Gasteiger partial charge in [-0.25, -0.2) is 4.98 Å². The van der Waals surface area contributed by atoms with E-state index < -0.39 is 24.5 Å². The summed E-state index contributed by atoms with van der Waals surface area (Å²) in [6.07, 6.45) is -3.45. The molecule has 32 heavy (non-hydrogen) atoms. The summed E-state index contributed by atoms with van der Waals surface area (Å²) < 4.78 is 50.7. The maximum Gasteiger partial charge on any atom is 0.417 e. The summed E-state index contributed by atoms with van der Waals surface area (Å²) in [5, 5.41) is 22.0. The van der Waals surface area contributed by atoms with E-state index in [9.17, 15) is 18.3 Å². The van der Waals surface area contributed by atoms with E-state index in [0.717, 1.165) is 16.7 Å². The first-order chi connectivity index (χ1) is 15.2. The number of ether oxygens (including phenoxy) is 1. The lowest BCUT2D eigenvalue weighted by Gasteiger charge is -2.10. The molecular weight excluding hydrogens is 476 g/mol. The van der Waals surface area contributed by atoms with E-state index in [1.165, 1.54) is 12.3 Å². The molecule has 13 heteroatoms. The Kier molecular flexibility index (Phi) is 5.99.